The molecule has 0 radical (unpaired) electrons. The number of hydrogen-bond donors (Lipinski definition) is 0. The van der Waals surface area contributed by atoms with Gasteiger partial charge >= 0.3 is 0 Å². The summed E-state index contributed by atoms with van der Waals surface area (Å²) in [5, 5.41) is 0. The van der Waals surface area contributed by atoms with Gasteiger partial charge in [0.25, 0.3) is 0 Å². The van der Waals surface area contributed by atoms with Crippen LogP contribution in [0.2, 0.25) is 0 Å². The number of likely N-dealkylation sites (N-methyl/N-ethyl adjacent to an activating group) is 1. The first-order valence-corrected chi connectivity index (χ1v) is 10.7. The molecule has 6 heteroatoms. The Balaban J connectivity index is 1.54. The van der Waals surface area contributed by atoms with Crippen LogP contribution in [0.15, 0.2) is 24.4 Å². The lowest BCUT2D eigenvalue weighted by Crippen LogP contribution is -2.35. The van der Waals surface area contributed by atoms with Gasteiger partial charge in [-0.2, -0.15) is 0 Å². The third-order valence-electron chi connectivity index (χ3n) is 5.97. The first kappa shape index (κ1) is 20.1. The Morgan fingerprint density at radius 3 is 2.90 bits per heavy atom. The molecule has 29 heavy (non-hydrogen) atoms. The smallest absolute Gasteiger partial charge is 0.161 e. The summed E-state index contributed by atoms with van der Waals surface area (Å²) in [6.45, 7) is 6.59. The number of piperidine rings is 1. The fourth-order valence-corrected chi connectivity index (χ4v) is 4.43. The third kappa shape index (κ3) is 4.54. The van der Waals surface area contributed by atoms with Gasteiger partial charge in [-0.3, -0.25) is 4.90 Å². The van der Waals surface area contributed by atoms with Crippen molar-refractivity contribution in [3.8, 4) is 11.5 Å². The number of aromatic nitrogens is 2. The van der Waals surface area contributed by atoms with Crippen molar-refractivity contribution in [1.82, 2.24) is 19.8 Å². The molecule has 0 amide bonds. The molecule has 1 saturated heterocycles. The summed E-state index contributed by atoms with van der Waals surface area (Å²) in [5.74, 6) is 2.59. The largest absolute Gasteiger partial charge is 0.493 e. The molecule has 0 N–H and O–H groups in total. The lowest BCUT2D eigenvalue weighted by Gasteiger charge is -2.35. The van der Waals surface area contributed by atoms with Crippen LogP contribution in [0.5, 0.6) is 11.5 Å². The highest BCUT2D eigenvalue weighted by Crippen LogP contribution is 2.33. The van der Waals surface area contributed by atoms with Crippen molar-refractivity contribution in [2.45, 2.75) is 51.7 Å². The molecule has 1 aromatic heterocycles. The fraction of sp³-hybridized carbons (Fsp3) is 0.565. The molecule has 2 aliphatic rings. The highest BCUT2D eigenvalue weighted by molar-refractivity contribution is 5.43. The van der Waals surface area contributed by atoms with Gasteiger partial charge in [-0.25, -0.2) is 9.97 Å². The van der Waals surface area contributed by atoms with Gasteiger partial charge < -0.3 is 14.4 Å². The van der Waals surface area contributed by atoms with Crippen molar-refractivity contribution >= 4 is 0 Å². The van der Waals surface area contributed by atoms with Crippen molar-refractivity contribution in [1.29, 1.82) is 0 Å². The Morgan fingerprint density at radius 2 is 2.07 bits per heavy atom. The monoisotopic (exact) mass is 396 g/mol. The molecule has 0 bridgehead atoms. The number of benzene rings is 1. The average molecular weight is 397 g/mol. The molecular weight excluding hydrogens is 364 g/mol. The van der Waals surface area contributed by atoms with Gasteiger partial charge in [-0.05, 0) is 51.1 Å². The quantitative estimate of drug-likeness (QED) is 0.744. The van der Waals surface area contributed by atoms with E-state index in [0.717, 1.165) is 56.3 Å². The summed E-state index contributed by atoms with van der Waals surface area (Å²) >= 11 is 0. The SMILES string of the molecule is CCOc1ccc(CN2CCCC[C@H]2c2ncc3c(n2)CCN(C)C3)cc1OC. The van der Waals surface area contributed by atoms with Crippen molar-refractivity contribution < 1.29 is 9.47 Å². The summed E-state index contributed by atoms with van der Waals surface area (Å²) in [7, 11) is 3.86. The van der Waals surface area contributed by atoms with Gasteiger partial charge in [0, 0.05) is 43.5 Å². The van der Waals surface area contributed by atoms with Crippen LogP contribution in [0.3, 0.4) is 0 Å². The van der Waals surface area contributed by atoms with Crippen molar-refractivity contribution in [2.24, 2.45) is 0 Å². The molecule has 3 heterocycles. The normalized spacial score (nSPS) is 20.3. The second kappa shape index (κ2) is 9.09. The fourth-order valence-electron chi connectivity index (χ4n) is 4.43. The summed E-state index contributed by atoms with van der Waals surface area (Å²) in [5.41, 5.74) is 3.75. The molecule has 2 aliphatic heterocycles. The molecule has 4 rings (SSSR count). The summed E-state index contributed by atoms with van der Waals surface area (Å²) in [6, 6.07) is 6.54. The molecule has 1 atom stereocenters. The number of likely N-dealkylation sites (tertiary alicyclic amines) is 1. The van der Waals surface area contributed by atoms with E-state index in [1.165, 1.54) is 29.7 Å². The van der Waals surface area contributed by atoms with Crippen LogP contribution in [-0.2, 0) is 19.5 Å². The molecule has 0 aliphatic carbocycles. The van der Waals surface area contributed by atoms with Crippen LogP contribution >= 0.6 is 0 Å². The zero-order valence-electron chi connectivity index (χ0n) is 17.9. The van der Waals surface area contributed by atoms with Gasteiger partial charge in [-0.1, -0.05) is 12.5 Å². The Labute approximate surface area is 173 Å². The van der Waals surface area contributed by atoms with Crippen molar-refractivity contribution in [3.63, 3.8) is 0 Å². The summed E-state index contributed by atoms with van der Waals surface area (Å²) in [6.07, 6.45) is 6.65. The maximum Gasteiger partial charge on any atom is 0.161 e. The lowest BCUT2D eigenvalue weighted by molar-refractivity contribution is 0.133. The Bertz CT molecular complexity index is 842. The van der Waals surface area contributed by atoms with Gasteiger partial charge in [0.2, 0.25) is 0 Å². The maximum atomic E-state index is 5.66. The first-order valence-electron chi connectivity index (χ1n) is 10.7. The van der Waals surface area contributed by atoms with Crippen LogP contribution in [0, 0.1) is 0 Å². The van der Waals surface area contributed by atoms with E-state index in [4.69, 9.17) is 19.4 Å². The van der Waals surface area contributed by atoms with E-state index in [0.29, 0.717) is 6.61 Å². The zero-order chi connectivity index (χ0) is 20.2. The van der Waals surface area contributed by atoms with Crippen LogP contribution < -0.4 is 9.47 Å². The molecule has 6 nitrogen and oxygen atoms in total. The van der Waals surface area contributed by atoms with Crippen LogP contribution in [-0.4, -0.2) is 53.6 Å². The number of methoxy groups -OCH3 is 1. The van der Waals surface area contributed by atoms with E-state index in [1.807, 2.05) is 13.0 Å². The van der Waals surface area contributed by atoms with Crippen molar-refractivity contribution in [3.05, 3.63) is 47.0 Å². The average Bonchev–Trinajstić information content (AvgIpc) is 2.75. The maximum absolute atomic E-state index is 5.66. The highest BCUT2D eigenvalue weighted by Gasteiger charge is 2.28. The Hall–Kier alpha value is -2.18. The van der Waals surface area contributed by atoms with E-state index in [1.54, 1.807) is 7.11 Å². The standard InChI is InChI=1S/C23H32N4O2/c1-4-29-21-9-8-17(13-22(21)28-3)15-27-11-6-5-7-20(27)23-24-14-18-16-26(2)12-10-19(18)25-23/h8-9,13-14,20H,4-7,10-12,15-16H2,1-3H3/t20-/m0/s1. The zero-order valence-corrected chi connectivity index (χ0v) is 17.9. The molecule has 0 unspecified atom stereocenters. The van der Waals surface area contributed by atoms with Gasteiger partial charge in [0.1, 0.15) is 5.82 Å². The number of nitrogens with zero attached hydrogens (tertiary/aromatic N) is 4. The molecular formula is C23H32N4O2. The third-order valence-corrected chi connectivity index (χ3v) is 5.97. The molecule has 156 valence electrons. The number of ether oxygens (including phenoxy) is 2. The van der Waals surface area contributed by atoms with E-state index >= 15 is 0 Å². The molecule has 2 aromatic rings. The predicted molar refractivity (Wildman–Crippen MR) is 113 cm³/mol. The lowest BCUT2D eigenvalue weighted by atomic mass is 9.99. The summed E-state index contributed by atoms with van der Waals surface area (Å²) < 4.78 is 11.2. The highest BCUT2D eigenvalue weighted by atomic mass is 16.5. The minimum atomic E-state index is 0.284. The first-order chi connectivity index (χ1) is 14.2. The predicted octanol–water partition coefficient (Wildman–Crippen LogP) is 3.60. The minimum absolute atomic E-state index is 0.284. The minimum Gasteiger partial charge on any atom is -0.493 e. The van der Waals surface area contributed by atoms with E-state index in [2.05, 4.69) is 35.2 Å². The summed E-state index contributed by atoms with van der Waals surface area (Å²) in [4.78, 5) is 14.7. The number of rotatable bonds is 6. The van der Waals surface area contributed by atoms with Crippen LogP contribution in [0.1, 0.15) is 54.9 Å². The van der Waals surface area contributed by atoms with Gasteiger partial charge in [0.15, 0.2) is 11.5 Å². The Kier molecular flexibility index (Phi) is 6.31. The second-order valence-electron chi connectivity index (χ2n) is 8.09. The van der Waals surface area contributed by atoms with E-state index in [-0.39, 0.29) is 6.04 Å². The van der Waals surface area contributed by atoms with Gasteiger partial charge in [-0.15, -0.1) is 0 Å². The molecule has 1 fully saturated rings. The van der Waals surface area contributed by atoms with Crippen LogP contribution in [0.4, 0.5) is 0 Å². The van der Waals surface area contributed by atoms with Crippen LogP contribution in [0.25, 0.3) is 0 Å². The topological polar surface area (TPSA) is 50.7 Å². The number of hydrogen-bond acceptors (Lipinski definition) is 6. The molecule has 0 saturated carbocycles. The second-order valence-corrected chi connectivity index (χ2v) is 8.09. The van der Waals surface area contributed by atoms with Gasteiger partial charge in [0.05, 0.1) is 19.8 Å². The molecule has 1 aromatic carbocycles. The molecule has 0 spiro atoms. The van der Waals surface area contributed by atoms with E-state index < -0.39 is 0 Å². The number of fused-ring (bicyclic) bond motifs is 1. The Morgan fingerprint density at radius 1 is 1.17 bits per heavy atom. The van der Waals surface area contributed by atoms with Crippen molar-refractivity contribution in [2.75, 3.05) is 33.9 Å². The van der Waals surface area contributed by atoms with E-state index in [9.17, 15) is 0 Å².